The van der Waals surface area contributed by atoms with Crippen LogP contribution in [0.1, 0.15) is 44.2 Å². The Labute approximate surface area is 131 Å². The van der Waals surface area contributed by atoms with Crippen LogP contribution in [-0.2, 0) is 13.0 Å². The molecule has 0 aliphatic carbocycles. The van der Waals surface area contributed by atoms with E-state index in [0.717, 1.165) is 36.9 Å². The van der Waals surface area contributed by atoms with Gasteiger partial charge in [-0.1, -0.05) is 51.0 Å². The van der Waals surface area contributed by atoms with Gasteiger partial charge >= 0.3 is 0 Å². The van der Waals surface area contributed by atoms with E-state index in [2.05, 4.69) is 38.1 Å². The Morgan fingerprint density at radius 2 is 1.77 bits per heavy atom. The maximum Gasteiger partial charge on any atom is 0.268 e. The van der Waals surface area contributed by atoms with Crippen LogP contribution in [0, 0.1) is 11.3 Å². The largest absolute Gasteiger partial charge is 0.307 e. The van der Waals surface area contributed by atoms with E-state index in [1.54, 1.807) is 10.6 Å². The van der Waals surface area contributed by atoms with Crippen LogP contribution in [0.5, 0.6) is 0 Å². The Balaban J connectivity index is 2.46. The van der Waals surface area contributed by atoms with Crippen molar-refractivity contribution in [3.05, 3.63) is 57.9 Å². The summed E-state index contributed by atoms with van der Waals surface area (Å²) in [6.45, 7) is 4.92. The quantitative estimate of drug-likeness (QED) is 0.752. The van der Waals surface area contributed by atoms with E-state index in [9.17, 15) is 4.79 Å². The van der Waals surface area contributed by atoms with E-state index in [1.807, 2.05) is 12.1 Å². The average Bonchev–Trinajstić information content (AvgIpc) is 2.56. The molecule has 0 amide bonds. The molecule has 114 valence electrons. The topological polar surface area (TPSA) is 45.8 Å². The Morgan fingerprint density at radius 3 is 2.36 bits per heavy atom. The number of unbranched alkanes of at least 4 members (excludes halogenated alkanes) is 2. The minimum Gasteiger partial charge on any atom is -0.307 e. The van der Waals surface area contributed by atoms with Gasteiger partial charge in [-0.2, -0.15) is 5.26 Å². The van der Waals surface area contributed by atoms with E-state index >= 15 is 0 Å². The van der Waals surface area contributed by atoms with Crippen molar-refractivity contribution in [3.63, 3.8) is 0 Å². The van der Waals surface area contributed by atoms with Crippen molar-refractivity contribution in [2.75, 3.05) is 0 Å². The molecule has 2 aromatic rings. The molecule has 3 nitrogen and oxygen atoms in total. The van der Waals surface area contributed by atoms with Crippen molar-refractivity contribution in [1.29, 1.82) is 5.26 Å². The molecular formula is C19H22N2O. The fraction of sp³-hybridized carbons (Fsp3) is 0.368. The highest BCUT2D eigenvalue weighted by atomic mass is 16.1. The van der Waals surface area contributed by atoms with Crippen molar-refractivity contribution in [2.45, 2.75) is 46.1 Å². The number of pyridine rings is 1. The Hall–Kier alpha value is -2.34. The van der Waals surface area contributed by atoms with Gasteiger partial charge in [0.15, 0.2) is 0 Å². The van der Waals surface area contributed by atoms with Crippen LogP contribution >= 0.6 is 0 Å². The monoisotopic (exact) mass is 294 g/mol. The maximum atomic E-state index is 12.5. The molecule has 0 aliphatic heterocycles. The van der Waals surface area contributed by atoms with Crippen LogP contribution in [0.25, 0.3) is 11.3 Å². The first-order valence-corrected chi connectivity index (χ1v) is 7.94. The molecule has 0 unspecified atom stereocenters. The lowest BCUT2D eigenvalue weighted by Gasteiger charge is -2.13. The molecule has 3 heteroatoms. The van der Waals surface area contributed by atoms with Gasteiger partial charge in [0.25, 0.3) is 5.56 Å². The molecule has 0 saturated heterocycles. The smallest absolute Gasteiger partial charge is 0.268 e. The van der Waals surface area contributed by atoms with E-state index in [0.29, 0.717) is 6.54 Å². The van der Waals surface area contributed by atoms with Gasteiger partial charge in [0.2, 0.25) is 0 Å². The average molecular weight is 294 g/mol. The lowest BCUT2D eigenvalue weighted by molar-refractivity contribution is 0.591. The fourth-order valence-electron chi connectivity index (χ4n) is 2.57. The van der Waals surface area contributed by atoms with Crippen LogP contribution < -0.4 is 5.56 Å². The molecule has 0 atom stereocenters. The van der Waals surface area contributed by atoms with Gasteiger partial charge < -0.3 is 4.57 Å². The molecule has 0 spiro atoms. The van der Waals surface area contributed by atoms with E-state index in [1.165, 1.54) is 5.56 Å². The number of nitriles is 1. The predicted octanol–water partition coefficient (Wildman–Crippen LogP) is 4.14. The van der Waals surface area contributed by atoms with Crippen LogP contribution in [0.3, 0.4) is 0 Å². The summed E-state index contributed by atoms with van der Waals surface area (Å²) in [7, 11) is 0. The molecule has 0 fully saturated rings. The zero-order valence-electron chi connectivity index (χ0n) is 13.3. The van der Waals surface area contributed by atoms with Crippen molar-refractivity contribution >= 4 is 0 Å². The Morgan fingerprint density at radius 1 is 1.05 bits per heavy atom. The van der Waals surface area contributed by atoms with Gasteiger partial charge in [-0.05, 0) is 36.1 Å². The molecule has 1 heterocycles. The molecule has 22 heavy (non-hydrogen) atoms. The molecule has 1 aromatic carbocycles. The zero-order chi connectivity index (χ0) is 15.9. The van der Waals surface area contributed by atoms with Gasteiger partial charge in [0, 0.05) is 6.54 Å². The van der Waals surface area contributed by atoms with Crippen LogP contribution in [0.2, 0.25) is 0 Å². The number of hydrogen-bond acceptors (Lipinski definition) is 2. The summed E-state index contributed by atoms with van der Waals surface area (Å²) < 4.78 is 1.75. The standard InChI is InChI=1S/C19H22N2O/c1-3-5-6-13-21-18(12-11-17(14-20)19(21)22)16-9-7-15(4-2)8-10-16/h7-12H,3-6,13H2,1-2H3. The van der Waals surface area contributed by atoms with E-state index in [-0.39, 0.29) is 11.1 Å². The van der Waals surface area contributed by atoms with E-state index < -0.39 is 0 Å². The maximum absolute atomic E-state index is 12.5. The second kappa shape index (κ2) is 7.61. The minimum atomic E-state index is -0.185. The Bertz CT molecular complexity index is 721. The van der Waals surface area contributed by atoms with Gasteiger partial charge in [-0.15, -0.1) is 0 Å². The minimum absolute atomic E-state index is 0.185. The lowest BCUT2D eigenvalue weighted by atomic mass is 10.1. The van der Waals surface area contributed by atoms with Crippen LogP contribution in [-0.4, -0.2) is 4.57 Å². The molecule has 0 N–H and O–H groups in total. The number of rotatable bonds is 6. The fourth-order valence-corrected chi connectivity index (χ4v) is 2.57. The Kier molecular flexibility index (Phi) is 5.55. The van der Waals surface area contributed by atoms with Crippen molar-refractivity contribution < 1.29 is 0 Å². The molecule has 0 aliphatic rings. The second-order valence-corrected chi connectivity index (χ2v) is 5.46. The third-order valence-electron chi connectivity index (χ3n) is 3.94. The normalized spacial score (nSPS) is 10.4. The summed E-state index contributed by atoms with van der Waals surface area (Å²) in [5.74, 6) is 0. The zero-order valence-corrected chi connectivity index (χ0v) is 13.3. The number of nitrogens with zero attached hydrogens (tertiary/aromatic N) is 2. The molecule has 2 rings (SSSR count). The van der Waals surface area contributed by atoms with Crippen molar-refractivity contribution in [2.24, 2.45) is 0 Å². The third-order valence-corrected chi connectivity index (χ3v) is 3.94. The lowest BCUT2D eigenvalue weighted by Crippen LogP contribution is -2.24. The molecule has 0 radical (unpaired) electrons. The van der Waals surface area contributed by atoms with Crippen molar-refractivity contribution in [1.82, 2.24) is 4.57 Å². The summed E-state index contributed by atoms with van der Waals surface area (Å²) in [5, 5.41) is 9.08. The highest BCUT2D eigenvalue weighted by molar-refractivity contribution is 5.60. The summed E-state index contributed by atoms with van der Waals surface area (Å²) >= 11 is 0. The first-order valence-electron chi connectivity index (χ1n) is 7.94. The summed E-state index contributed by atoms with van der Waals surface area (Å²) in [6.07, 6.45) is 4.13. The highest BCUT2D eigenvalue weighted by Crippen LogP contribution is 2.20. The number of aryl methyl sites for hydroxylation is 1. The van der Waals surface area contributed by atoms with E-state index in [4.69, 9.17) is 5.26 Å². The molecule has 0 bridgehead atoms. The second-order valence-electron chi connectivity index (χ2n) is 5.46. The van der Waals surface area contributed by atoms with Gasteiger partial charge in [-0.25, -0.2) is 0 Å². The van der Waals surface area contributed by atoms with Crippen molar-refractivity contribution in [3.8, 4) is 17.3 Å². The van der Waals surface area contributed by atoms with Gasteiger partial charge in [0.05, 0.1) is 5.69 Å². The first-order chi connectivity index (χ1) is 10.7. The molecule has 1 aromatic heterocycles. The number of benzene rings is 1. The number of aromatic nitrogens is 1. The van der Waals surface area contributed by atoms with Crippen LogP contribution in [0.15, 0.2) is 41.2 Å². The third kappa shape index (κ3) is 3.46. The number of hydrogen-bond donors (Lipinski definition) is 0. The predicted molar refractivity (Wildman–Crippen MR) is 89.8 cm³/mol. The van der Waals surface area contributed by atoms with Crippen LogP contribution in [0.4, 0.5) is 0 Å². The summed E-state index contributed by atoms with van der Waals surface area (Å²) in [4.78, 5) is 12.5. The van der Waals surface area contributed by atoms with Gasteiger partial charge in [0.1, 0.15) is 11.6 Å². The summed E-state index contributed by atoms with van der Waals surface area (Å²) in [6, 6.07) is 13.8. The highest BCUT2D eigenvalue weighted by Gasteiger charge is 2.10. The SMILES string of the molecule is CCCCCn1c(-c2ccc(CC)cc2)ccc(C#N)c1=O. The molecule has 0 saturated carbocycles. The first kappa shape index (κ1) is 16.0. The summed E-state index contributed by atoms with van der Waals surface area (Å²) in [5.41, 5.74) is 3.22. The molecular weight excluding hydrogens is 272 g/mol. The van der Waals surface area contributed by atoms with Gasteiger partial charge in [-0.3, -0.25) is 4.79 Å².